The van der Waals surface area contributed by atoms with E-state index in [4.69, 9.17) is 23.2 Å². The summed E-state index contributed by atoms with van der Waals surface area (Å²) in [5.41, 5.74) is 0. The molecular formula is C9H13Cl2NO2S2. The van der Waals surface area contributed by atoms with Crippen LogP contribution >= 0.6 is 34.5 Å². The topological polar surface area (TPSA) is 46.2 Å². The number of thiophene rings is 1. The van der Waals surface area contributed by atoms with Crippen molar-refractivity contribution in [2.45, 2.75) is 35.9 Å². The van der Waals surface area contributed by atoms with Gasteiger partial charge >= 0.3 is 0 Å². The van der Waals surface area contributed by atoms with E-state index in [1.165, 1.54) is 6.07 Å². The number of hydrogen-bond acceptors (Lipinski definition) is 3. The fourth-order valence-corrected chi connectivity index (χ4v) is 4.32. The van der Waals surface area contributed by atoms with E-state index in [1.807, 2.05) is 6.92 Å². The molecule has 0 saturated heterocycles. The van der Waals surface area contributed by atoms with Crippen LogP contribution in [-0.4, -0.2) is 19.8 Å². The van der Waals surface area contributed by atoms with E-state index >= 15 is 0 Å². The van der Waals surface area contributed by atoms with Gasteiger partial charge in [0.05, 0.1) is 4.34 Å². The quantitative estimate of drug-likeness (QED) is 0.850. The van der Waals surface area contributed by atoms with E-state index in [2.05, 4.69) is 4.72 Å². The van der Waals surface area contributed by atoms with E-state index in [0.717, 1.165) is 11.3 Å². The third-order valence-corrected chi connectivity index (χ3v) is 5.34. The molecule has 0 saturated carbocycles. The Kier molecular flexibility index (Phi) is 5.07. The molecule has 0 aliphatic rings. The average Bonchev–Trinajstić information content (AvgIpc) is 2.49. The Morgan fingerprint density at radius 3 is 2.50 bits per heavy atom. The van der Waals surface area contributed by atoms with Crippen LogP contribution in [0.25, 0.3) is 0 Å². The predicted molar refractivity (Wildman–Crippen MR) is 69.0 cm³/mol. The third-order valence-electron chi connectivity index (χ3n) is 1.85. The first-order chi connectivity index (χ1) is 7.31. The first-order valence-corrected chi connectivity index (χ1v) is 7.84. The maximum Gasteiger partial charge on any atom is 0.250 e. The van der Waals surface area contributed by atoms with Crippen molar-refractivity contribution in [2.24, 2.45) is 0 Å². The van der Waals surface area contributed by atoms with Gasteiger partial charge in [0.25, 0.3) is 0 Å². The Bertz CT molecular complexity index is 442. The fraction of sp³-hybridized carbons (Fsp3) is 0.556. The van der Waals surface area contributed by atoms with Gasteiger partial charge in [-0.05, 0) is 32.4 Å². The maximum absolute atomic E-state index is 11.8. The molecule has 0 spiro atoms. The summed E-state index contributed by atoms with van der Waals surface area (Å²) in [7, 11) is -3.46. The summed E-state index contributed by atoms with van der Waals surface area (Å²) in [6.45, 7) is 3.61. The summed E-state index contributed by atoms with van der Waals surface area (Å²) in [6.07, 6.45) is 0.583. The van der Waals surface area contributed by atoms with Crippen molar-refractivity contribution >= 4 is 44.6 Å². The van der Waals surface area contributed by atoms with Gasteiger partial charge in [0, 0.05) is 11.4 Å². The number of halogens is 2. The molecule has 3 nitrogen and oxygen atoms in total. The van der Waals surface area contributed by atoms with Gasteiger partial charge in [-0.25, -0.2) is 13.1 Å². The Morgan fingerprint density at radius 1 is 1.44 bits per heavy atom. The van der Waals surface area contributed by atoms with Crippen molar-refractivity contribution in [3.63, 3.8) is 0 Å². The smallest absolute Gasteiger partial charge is 0.208 e. The van der Waals surface area contributed by atoms with E-state index in [-0.39, 0.29) is 15.6 Å². The summed E-state index contributed by atoms with van der Waals surface area (Å²) < 4.78 is 26.9. The second kappa shape index (κ2) is 5.69. The third kappa shape index (κ3) is 4.22. The van der Waals surface area contributed by atoms with Crippen LogP contribution in [0.3, 0.4) is 0 Å². The highest BCUT2D eigenvalue weighted by Crippen LogP contribution is 2.25. The minimum Gasteiger partial charge on any atom is -0.208 e. The van der Waals surface area contributed by atoms with Crippen molar-refractivity contribution in [1.82, 2.24) is 4.72 Å². The number of alkyl halides is 1. The van der Waals surface area contributed by atoms with E-state index in [1.54, 1.807) is 13.0 Å². The molecule has 1 N–H and O–H groups in total. The van der Waals surface area contributed by atoms with Gasteiger partial charge in [0.15, 0.2) is 0 Å². The Labute approximate surface area is 110 Å². The van der Waals surface area contributed by atoms with E-state index < -0.39 is 10.0 Å². The molecule has 0 bridgehead atoms. The Morgan fingerprint density at radius 2 is 2.06 bits per heavy atom. The highest BCUT2D eigenvalue weighted by molar-refractivity contribution is 7.91. The number of rotatable bonds is 5. The zero-order valence-corrected chi connectivity index (χ0v) is 12.1. The lowest BCUT2D eigenvalue weighted by Crippen LogP contribution is -2.33. The van der Waals surface area contributed by atoms with Crippen molar-refractivity contribution in [3.8, 4) is 0 Å². The maximum atomic E-state index is 11.8. The van der Waals surface area contributed by atoms with E-state index in [9.17, 15) is 8.42 Å². The van der Waals surface area contributed by atoms with Crippen LogP contribution in [0.2, 0.25) is 4.34 Å². The fourth-order valence-electron chi connectivity index (χ4n) is 1.30. The Hall–Kier alpha value is 0.190. The molecule has 92 valence electrons. The van der Waals surface area contributed by atoms with Gasteiger partial charge < -0.3 is 0 Å². The minimum atomic E-state index is -3.46. The van der Waals surface area contributed by atoms with Crippen LogP contribution in [-0.2, 0) is 10.0 Å². The Balaban J connectivity index is 2.73. The van der Waals surface area contributed by atoms with Gasteiger partial charge in [-0.1, -0.05) is 11.6 Å². The van der Waals surface area contributed by atoms with Gasteiger partial charge in [-0.3, -0.25) is 0 Å². The highest BCUT2D eigenvalue weighted by Gasteiger charge is 2.19. The zero-order chi connectivity index (χ0) is 12.3. The molecule has 0 fully saturated rings. The standard InChI is InChI=1S/C9H13Cl2NO2S2/c1-6(10)5-7(2)12-16(13,14)9-4-3-8(11)15-9/h3-4,6-7,12H,5H2,1-2H3. The van der Waals surface area contributed by atoms with Gasteiger partial charge in [0.2, 0.25) is 10.0 Å². The van der Waals surface area contributed by atoms with Crippen LogP contribution < -0.4 is 4.72 Å². The SMILES string of the molecule is CC(Cl)CC(C)NS(=O)(=O)c1ccc(Cl)s1. The molecule has 16 heavy (non-hydrogen) atoms. The molecule has 7 heteroatoms. The second-order valence-electron chi connectivity index (χ2n) is 3.60. The first-order valence-electron chi connectivity index (χ1n) is 4.73. The predicted octanol–water partition coefficient (Wildman–Crippen LogP) is 3.09. The largest absolute Gasteiger partial charge is 0.250 e. The molecule has 1 heterocycles. The molecule has 1 aromatic rings. The number of hydrogen-bond donors (Lipinski definition) is 1. The summed E-state index contributed by atoms with van der Waals surface area (Å²) in [5, 5.41) is -0.0652. The van der Waals surface area contributed by atoms with Gasteiger partial charge in [-0.2, -0.15) is 0 Å². The lowest BCUT2D eigenvalue weighted by Gasteiger charge is -2.14. The van der Waals surface area contributed by atoms with Crippen LogP contribution in [0.1, 0.15) is 20.3 Å². The molecule has 0 radical (unpaired) electrons. The van der Waals surface area contributed by atoms with Crippen LogP contribution in [0.15, 0.2) is 16.3 Å². The molecule has 1 rings (SSSR count). The molecule has 0 aromatic carbocycles. The zero-order valence-electron chi connectivity index (χ0n) is 8.91. The van der Waals surface area contributed by atoms with Crippen LogP contribution in [0, 0.1) is 0 Å². The molecule has 1 aromatic heterocycles. The van der Waals surface area contributed by atoms with Crippen molar-refractivity contribution in [2.75, 3.05) is 0 Å². The van der Waals surface area contributed by atoms with Crippen molar-refractivity contribution < 1.29 is 8.42 Å². The average molecular weight is 302 g/mol. The molecule has 2 atom stereocenters. The second-order valence-corrected chi connectivity index (χ2v) is 8.00. The van der Waals surface area contributed by atoms with Crippen molar-refractivity contribution in [1.29, 1.82) is 0 Å². The monoisotopic (exact) mass is 301 g/mol. The lowest BCUT2D eigenvalue weighted by molar-refractivity contribution is 0.547. The summed E-state index contributed by atoms with van der Waals surface area (Å²) in [5.74, 6) is 0. The minimum absolute atomic E-state index is 0.0652. The van der Waals surface area contributed by atoms with Crippen LogP contribution in [0.4, 0.5) is 0 Å². The molecule has 0 amide bonds. The summed E-state index contributed by atoms with van der Waals surface area (Å²) in [4.78, 5) is 0. The van der Waals surface area contributed by atoms with E-state index in [0.29, 0.717) is 10.8 Å². The normalized spacial score (nSPS) is 16.0. The number of sulfonamides is 1. The molecule has 0 aliphatic carbocycles. The first kappa shape index (κ1) is 14.3. The van der Waals surface area contributed by atoms with Gasteiger partial charge in [-0.15, -0.1) is 22.9 Å². The van der Waals surface area contributed by atoms with Crippen molar-refractivity contribution in [3.05, 3.63) is 16.5 Å². The molecule has 0 aliphatic heterocycles. The van der Waals surface area contributed by atoms with Gasteiger partial charge in [0.1, 0.15) is 4.21 Å². The molecular weight excluding hydrogens is 289 g/mol. The lowest BCUT2D eigenvalue weighted by atomic mass is 10.2. The summed E-state index contributed by atoms with van der Waals surface area (Å²) >= 11 is 12.5. The molecule has 2 unspecified atom stereocenters. The summed E-state index contributed by atoms with van der Waals surface area (Å²) in [6, 6.07) is 2.86. The highest BCUT2D eigenvalue weighted by atomic mass is 35.5. The number of nitrogens with one attached hydrogen (secondary N) is 1. The van der Waals surface area contributed by atoms with Crippen LogP contribution in [0.5, 0.6) is 0 Å².